The Kier molecular flexibility index (Phi) is 3.62. The highest BCUT2D eigenvalue weighted by Gasteiger charge is 2.12. The molecule has 0 bridgehead atoms. The zero-order chi connectivity index (χ0) is 10.7. The molecule has 1 saturated heterocycles. The molecule has 1 fully saturated rings. The van der Waals surface area contributed by atoms with Crippen molar-refractivity contribution in [2.45, 2.75) is 25.7 Å². The predicted octanol–water partition coefficient (Wildman–Crippen LogP) is 3.97. The van der Waals surface area contributed by atoms with Gasteiger partial charge in [-0.05, 0) is 47.0 Å². The summed E-state index contributed by atoms with van der Waals surface area (Å²) in [6.07, 6.45) is 5.11. The molecule has 0 aromatic heterocycles. The van der Waals surface area contributed by atoms with Crippen molar-refractivity contribution in [3.63, 3.8) is 0 Å². The Morgan fingerprint density at radius 2 is 1.73 bits per heavy atom. The first-order valence-electron chi connectivity index (χ1n) is 5.47. The monoisotopic (exact) mass is 271 g/mol. The Morgan fingerprint density at radius 1 is 1.07 bits per heavy atom. The van der Waals surface area contributed by atoms with Crippen molar-refractivity contribution in [1.29, 1.82) is 0 Å². The molecule has 1 aliphatic heterocycles. The van der Waals surface area contributed by atoms with Crippen LogP contribution in [0.25, 0.3) is 0 Å². The highest BCUT2D eigenvalue weighted by atomic mass is 79.9. The zero-order valence-electron chi connectivity index (χ0n) is 8.68. The lowest BCUT2D eigenvalue weighted by atomic mass is 10.2. The van der Waals surface area contributed by atoms with Gasteiger partial charge >= 0.3 is 0 Å². The second-order valence-corrected chi connectivity index (χ2v) is 4.85. The van der Waals surface area contributed by atoms with E-state index in [9.17, 15) is 4.39 Å². The third-order valence-corrected chi connectivity index (χ3v) is 3.49. The van der Waals surface area contributed by atoms with E-state index in [0.29, 0.717) is 0 Å². The quantitative estimate of drug-likeness (QED) is 0.747. The molecule has 0 spiro atoms. The lowest BCUT2D eigenvalue weighted by Gasteiger charge is -2.23. The first kappa shape index (κ1) is 10.9. The molecule has 1 aliphatic rings. The molecule has 0 N–H and O–H groups in total. The van der Waals surface area contributed by atoms with E-state index in [2.05, 4.69) is 20.8 Å². The molecule has 1 aromatic rings. The Bertz CT molecular complexity index is 332. The summed E-state index contributed by atoms with van der Waals surface area (Å²) in [5.74, 6) is -0.180. The lowest BCUT2D eigenvalue weighted by Crippen LogP contribution is -2.24. The highest BCUT2D eigenvalue weighted by molar-refractivity contribution is 9.10. The molecule has 0 atom stereocenters. The molecule has 1 heterocycles. The number of benzene rings is 1. The van der Waals surface area contributed by atoms with Crippen molar-refractivity contribution >= 4 is 21.6 Å². The van der Waals surface area contributed by atoms with Crippen LogP contribution in [-0.4, -0.2) is 13.1 Å². The lowest BCUT2D eigenvalue weighted by molar-refractivity contribution is 0.626. The van der Waals surface area contributed by atoms with E-state index in [1.54, 1.807) is 6.07 Å². The van der Waals surface area contributed by atoms with E-state index in [-0.39, 0.29) is 5.82 Å². The van der Waals surface area contributed by atoms with Crippen LogP contribution in [0, 0.1) is 5.82 Å². The normalized spacial score (nSPS) is 17.6. The van der Waals surface area contributed by atoms with Gasteiger partial charge in [0.05, 0.1) is 5.69 Å². The summed E-state index contributed by atoms with van der Waals surface area (Å²) < 4.78 is 13.8. The predicted molar refractivity (Wildman–Crippen MR) is 64.8 cm³/mol. The molecule has 0 aliphatic carbocycles. The minimum Gasteiger partial charge on any atom is -0.371 e. The average molecular weight is 272 g/mol. The Labute approximate surface area is 98.4 Å². The maximum Gasteiger partial charge on any atom is 0.124 e. The van der Waals surface area contributed by atoms with Crippen LogP contribution in [0.4, 0.5) is 10.1 Å². The van der Waals surface area contributed by atoms with Crippen LogP contribution in [0.2, 0.25) is 0 Å². The van der Waals surface area contributed by atoms with Gasteiger partial charge in [-0.25, -0.2) is 4.39 Å². The van der Waals surface area contributed by atoms with Crippen LogP contribution in [0.15, 0.2) is 22.7 Å². The van der Waals surface area contributed by atoms with E-state index < -0.39 is 0 Å². The standard InChI is InChI=1S/C12H15BrFN/c13-11-9-10(14)5-6-12(11)15-7-3-1-2-4-8-15/h5-6,9H,1-4,7-8H2. The van der Waals surface area contributed by atoms with Crippen molar-refractivity contribution in [3.05, 3.63) is 28.5 Å². The van der Waals surface area contributed by atoms with Gasteiger partial charge in [-0.1, -0.05) is 12.8 Å². The van der Waals surface area contributed by atoms with Crippen LogP contribution in [-0.2, 0) is 0 Å². The van der Waals surface area contributed by atoms with Crippen molar-refractivity contribution in [2.24, 2.45) is 0 Å². The summed E-state index contributed by atoms with van der Waals surface area (Å²) in [5.41, 5.74) is 1.12. The SMILES string of the molecule is Fc1ccc(N2CCCCCC2)c(Br)c1. The molecule has 3 heteroatoms. The van der Waals surface area contributed by atoms with E-state index in [1.165, 1.54) is 31.7 Å². The minimum absolute atomic E-state index is 0.180. The molecule has 0 radical (unpaired) electrons. The molecule has 15 heavy (non-hydrogen) atoms. The second kappa shape index (κ2) is 4.97. The number of anilines is 1. The number of nitrogens with zero attached hydrogens (tertiary/aromatic N) is 1. The van der Waals surface area contributed by atoms with Gasteiger partial charge in [0.1, 0.15) is 5.82 Å². The van der Waals surface area contributed by atoms with Crippen LogP contribution >= 0.6 is 15.9 Å². The molecule has 1 nitrogen and oxygen atoms in total. The van der Waals surface area contributed by atoms with Crippen LogP contribution in [0.3, 0.4) is 0 Å². The molecule has 0 unspecified atom stereocenters. The maximum absolute atomic E-state index is 12.9. The second-order valence-electron chi connectivity index (χ2n) is 4.00. The van der Waals surface area contributed by atoms with Crippen molar-refractivity contribution in [1.82, 2.24) is 0 Å². The fourth-order valence-corrected chi connectivity index (χ4v) is 2.65. The summed E-state index contributed by atoms with van der Waals surface area (Å²) in [5, 5.41) is 0. The Hall–Kier alpha value is -0.570. The largest absolute Gasteiger partial charge is 0.371 e. The molecular formula is C12H15BrFN. The molecule has 0 amide bonds. The van der Waals surface area contributed by atoms with Gasteiger partial charge in [0.25, 0.3) is 0 Å². The third kappa shape index (κ3) is 2.71. The van der Waals surface area contributed by atoms with Gasteiger partial charge in [0.2, 0.25) is 0 Å². The van der Waals surface area contributed by atoms with Crippen LogP contribution < -0.4 is 4.90 Å². The maximum atomic E-state index is 12.9. The first-order valence-corrected chi connectivity index (χ1v) is 6.27. The van der Waals surface area contributed by atoms with E-state index in [1.807, 2.05) is 6.07 Å². The summed E-state index contributed by atoms with van der Waals surface area (Å²) in [7, 11) is 0. The van der Waals surface area contributed by atoms with Gasteiger partial charge in [-0.15, -0.1) is 0 Å². The Morgan fingerprint density at radius 3 is 2.33 bits per heavy atom. The number of rotatable bonds is 1. The fraction of sp³-hybridized carbons (Fsp3) is 0.500. The molecule has 2 rings (SSSR count). The van der Waals surface area contributed by atoms with Gasteiger partial charge in [-0.2, -0.15) is 0 Å². The average Bonchev–Trinajstić information content (AvgIpc) is 2.46. The van der Waals surface area contributed by atoms with Gasteiger partial charge < -0.3 is 4.90 Å². The summed E-state index contributed by atoms with van der Waals surface area (Å²) >= 11 is 3.43. The van der Waals surface area contributed by atoms with Crippen molar-refractivity contribution < 1.29 is 4.39 Å². The topological polar surface area (TPSA) is 3.24 Å². The molecular weight excluding hydrogens is 257 g/mol. The Balaban J connectivity index is 2.19. The highest BCUT2D eigenvalue weighted by Crippen LogP contribution is 2.28. The minimum atomic E-state index is -0.180. The van der Waals surface area contributed by atoms with E-state index in [4.69, 9.17) is 0 Å². The number of hydrogen-bond acceptors (Lipinski definition) is 1. The van der Waals surface area contributed by atoms with Gasteiger partial charge in [-0.3, -0.25) is 0 Å². The summed E-state index contributed by atoms with van der Waals surface area (Å²) in [6.45, 7) is 2.18. The van der Waals surface area contributed by atoms with Crippen molar-refractivity contribution in [3.8, 4) is 0 Å². The van der Waals surface area contributed by atoms with Gasteiger partial charge in [0, 0.05) is 17.6 Å². The van der Waals surface area contributed by atoms with Gasteiger partial charge in [0.15, 0.2) is 0 Å². The zero-order valence-corrected chi connectivity index (χ0v) is 10.3. The molecule has 0 saturated carbocycles. The number of hydrogen-bond donors (Lipinski definition) is 0. The smallest absolute Gasteiger partial charge is 0.124 e. The number of halogens is 2. The fourth-order valence-electron chi connectivity index (χ4n) is 2.05. The summed E-state index contributed by atoms with van der Waals surface area (Å²) in [4.78, 5) is 2.34. The molecule has 1 aromatic carbocycles. The first-order chi connectivity index (χ1) is 7.27. The van der Waals surface area contributed by atoms with Crippen LogP contribution in [0.5, 0.6) is 0 Å². The van der Waals surface area contributed by atoms with Crippen molar-refractivity contribution in [2.75, 3.05) is 18.0 Å². The summed E-state index contributed by atoms with van der Waals surface area (Å²) in [6, 6.07) is 4.94. The third-order valence-electron chi connectivity index (χ3n) is 2.86. The van der Waals surface area contributed by atoms with E-state index >= 15 is 0 Å². The molecule has 82 valence electrons. The van der Waals surface area contributed by atoms with Crippen LogP contribution in [0.1, 0.15) is 25.7 Å². The van der Waals surface area contributed by atoms with E-state index in [0.717, 1.165) is 23.2 Å².